The highest BCUT2D eigenvalue weighted by Gasteiger charge is 2.37. The average Bonchev–Trinajstić information content (AvgIpc) is 3.52. The van der Waals surface area contributed by atoms with Crippen LogP contribution in [0.2, 0.25) is 0 Å². The number of nitrogens with zero attached hydrogens (tertiary/aromatic N) is 3. The minimum Gasteiger partial charge on any atom is -0.466 e. The van der Waals surface area contributed by atoms with E-state index >= 15 is 0 Å². The maximum Gasteiger partial charge on any atom is 0.344 e. The fraction of sp³-hybridized carbons (Fsp3) is 0.444. The predicted octanol–water partition coefficient (Wildman–Crippen LogP) is 3.50. The number of benzene rings is 1. The van der Waals surface area contributed by atoms with E-state index in [-0.39, 0.29) is 39.6 Å². The molecule has 5 rings (SSSR count). The molecule has 1 aliphatic heterocycles. The third kappa shape index (κ3) is 7.37. The van der Waals surface area contributed by atoms with Gasteiger partial charge in [0.1, 0.15) is 15.9 Å². The number of amides is 1. The lowest BCUT2D eigenvalue weighted by Gasteiger charge is -2.19. The molecule has 1 aliphatic carbocycles. The maximum atomic E-state index is 13.4. The first-order valence-electron chi connectivity index (χ1n) is 13.1. The molecule has 3 aromatic rings. The van der Waals surface area contributed by atoms with E-state index in [4.69, 9.17) is 19.0 Å². The van der Waals surface area contributed by atoms with Gasteiger partial charge in [-0.05, 0) is 51.8 Å². The number of esters is 1. The minimum absolute atomic E-state index is 0.0409. The van der Waals surface area contributed by atoms with Gasteiger partial charge >= 0.3 is 5.97 Å². The molecule has 14 heteroatoms. The number of aromatic nitrogens is 2. The molecule has 0 spiro atoms. The van der Waals surface area contributed by atoms with Gasteiger partial charge in [-0.15, -0.1) is 0 Å². The van der Waals surface area contributed by atoms with Gasteiger partial charge in [-0.1, -0.05) is 28.6 Å². The van der Waals surface area contributed by atoms with Crippen molar-refractivity contribution < 1.29 is 37.1 Å². The van der Waals surface area contributed by atoms with Gasteiger partial charge in [-0.25, -0.2) is 23.2 Å². The molecule has 0 bridgehead atoms. The van der Waals surface area contributed by atoms with Gasteiger partial charge in [0.25, 0.3) is 5.91 Å². The molecule has 1 aromatic carbocycles. The molecule has 218 valence electrons. The summed E-state index contributed by atoms with van der Waals surface area (Å²) in [5, 5.41) is 6.76. The fourth-order valence-corrected chi connectivity index (χ4v) is 6.40. The van der Waals surface area contributed by atoms with Crippen LogP contribution in [0.15, 0.2) is 46.4 Å². The predicted molar refractivity (Wildman–Crippen MR) is 151 cm³/mol. The Morgan fingerprint density at radius 1 is 1.10 bits per heavy atom. The first-order valence-corrected chi connectivity index (χ1v) is 15.4. The second kappa shape index (κ2) is 11.7. The van der Waals surface area contributed by atoms with E-state index < -0.39 is 27.3 Å². The second-order valence-electron chi connectivity index (χ2n) is 10.6. The fourth-order valence-electron chi connectivity index (χ4n) is 3.92. The van der Waals surface area contributed by atoms with Gasteiger partial charge < -0.3 is 19.0 Å². The van der Waals surface area contributed by atoms with E-state index in [9.17, 15) is 18.0 Å². The lowest BCUT2D eigenvalue weighted by molar-refractivity contribution is -0.157. The van der Waals surface area contributed by atoms with Gasteiger partial charge in [0, 0.05) is 18.1 Å². The Bertz CT molecular complexity index is 1570. The van der Waals surface area contributed by atoms with Crippen LogP contribution in [0, 0.1) is 0 Å². The molecular weight excluding hydrogens is 572 g/mol. The van der Waals surface area contributed by atoms with Crippen molar-refractivity contribution in [3.63, 3.8) is 0 Å². The monoisotopic (exact) mass is 602 g/mol. The Morgan fingerprint density at radius 2 is 1.85 bits per heavy atom. The summed E-state index contributed by atoms with van der Waals surface area (Å²) in [4.78, 5) is 40.3. The summed E-state index contributed by atoms with van der Waals surface area (Å²) in [5.74, 6) is -0.907. The third-order valence-electron chi connectivity index (χ3n) is 6.02. The molecule has 1 amide bonds. The quantitative estimate of drug-likeness (QED) is 0.207. The summed E-state index contributed by atoms with van der Waals surface area (Å²) < 4.78 is 41.2. The lowest BCUT2D eigenvalue weighted by Crippen LogP contribution is -2.27. The van der Waals surface area contributed by atoms with Crippen LogP contribution in [0.5, 0.6) is 5.88 Å². The largest absolute Gasteiger partial charge is 0.466 e. The Labute approximate surface area is 241 Å². The highest BCUT2D eigenvalue weighted by Crippen LogP contribution is 2.33. The number of ether oxygens (including phenoxy) is 3. The second-order valence-corrected chi connectivity index (χ2v) is 13.8. The molecule has 2 aromatic heterocycles. The van der Waals surface area contributed by atoms with E-state index in [1.165, 1.54) is 24.3 Å². The number of carbonyl (C=O) groups excluding carboxylic acids is 2. The average molecular weight is 603 g/mol. The number of pyridine rings is 1. The maximum absolute atomic E-state index is 13.4. The SMILES string of the molecule is CC(C)(C)OC(=O)COc1ccc2nc(NC(=O)C(=NO[C@@H]3CCOC3)c3ccc(S(=O)(=O)C4CC4)cc3)sc2n1. The Balaban J connectivity index is 1.31. The van der Waals surface area contributed by atoms with E-state index in [0.29, 0.717) is 48.4 Å². The molecule has 2 aliphatic rings. The molecule has 0 unspecified atom stereocenters. The summed E-state index contributed by atoms with van der Waals surface area (Å²) >= 11 is 1.11. The zero-order valence-electron chi connectivity index (χ0n) is 22.8. The van der Waals surface area contributed by atoms with Crippen LogP contribution in [0.3, 0.4) is 0 Å². The molecule has 41 heavy (non-hydrogen) atoms. The number of anilines is 1. The number of hydrogen-bond acceptors (Lipinski definition) is 12. The van der Waals surface area contributed by atoms with Crippen molar-refractivity contribution >= 4 is 54.2 Å². The van der Waals surface area contributed by atoms with Crippen molar-refractivity contribution in [1.29, 1.82) is 0 Å². The Morgan fingerprint density at radius 3 is 2.51 bits per heavy atom. The third-order valence-corrected chi connectivity index (χ3v) is 9.18. The molecule has 12 nitrogen and oxygen atoms in total. The van der Waals surface area contributed by atoms with Crippen molar-refractivity contribution in [2.45, 2.75) is 61.9 Å². The van der Waals surface area contributed by atoms with Crippen molar-refractivity contribution in [1.82, 2.24) is 9.97 Å². The number of rotatable bonds is 10. The van der Waals surface area contributed by atoms with Gasteiger partial charge in [-0.2, -0.15) is 0 Å². The number of fused-ring (bicyclic) bond motifs is 1. The van der Waals surface area contributed by atoms with E-state index in [2.05, 4.69) is 20.4 Å². The van der Waals surface area contributed by atoms with E-state index in [0.717, 1.165) is 11.3 Å². The smallest absolute Gasteiger partial charge is 0.344 e. The number of hydrogen-bond donors (Lipinski definition) is 1. The number of thiazole rings is 1. The van der Waals surface area contributed by atoms with Gasteiger partial charge in [-0.3, -0.25) is 10.1 Å². The topological polar surface area (TPSA) is 155 Å². The van der Waals surface area contributed by atoms with E-state index in [1.54, 1.807) is 32.9 Å². The molecule has 2 fully saturated rings. The number of carbonyl (C=O) groups is 2. The van der Waals surface area contributed by atoms with Crippen LogP contribution in [-0.4, -0.2) is 72.7 Å². The van der Waals surface area contributed by atoms with Crippen LogP contribution in [0.1, 0.15) is 45.6 Å². The Kier molecular flexibility index (Phi) is 8.25. The van der Waals surface area contributed by atoms with Crippen LogP contribution < -0.4 is 10.1 Å². The first-order chi connectivity index (χ1) is 19.5. The highest BCUT2D eigenvalue weighted by molar-refractivity contribution is 7.92. The molecule has 1 saturated heterocycles. The van der Waals surface area contributed by atoms with Crippen LogP contribution in [-0.2, 0) is 33.7 Å². The van der Waals surface area contributed by atoms with E-state index in [1.807, 2.05) is 0 Å². The zero-order chi connectivity index (χ0) is 29.2. The minimum atomic E-state index is -3.38. The normalized spacial score (nSPS) is 17.8. The summed E-state index contributed by atoms with van der Waals surface area (Å²) in [7, 11) is -3.38. The van der Waals surface area contributed by atoms with Crippen molar-refractivity contribution in [2.75, 3.05) is 25.1 Å². The van der Waals surface area contributed by atoms with Crippen molar-refractivity contribution in [2.24, 2.45) is 5.16 Å². The Hall–Kier alpha value is -3.62. The summed E-state index contributed by atoms with van der Waals surface area (Å²) in [5.41, 5.74) is 0.230. The van der Waals surface area contributed by atoms with Gasteiger partial charge in [0.15, 0.2) is 33.4 Å². The molecule has 1 saturated carbocycles. The molecule has 3 heterocycles. The number of sulfone groups is 1. The lowest BCUT2D eigenvalue weighted by atomic mass is 10.1. The van der Waals surface area contributed by atoms with Crippen molar-refractivity contribution in [3.8, 4) is 5.88 Å². The molecule has 1 N–H and O–H groups in total. The highest BCUT2D eigenvalue weighted by atomic mass is 32.2. The number of oxime groups is 1. The summed E-state index contributed by atoms with van der Waals surface area (Å²) in [6.07, 6.45) is 1.66. The van der Waals surface area contributed by atoms with Gasteiger partial charge in [0.2, 0.25) is 5.88 Å². The molecule has 0 radical (unpaired) electrons. The van der Waals surface area contributed by atoms with Crippen LogP contribution >= 0.6 is 11.3 Å². The van der Waals surface area contributed by atoms with Crippen LogP contribution in [0.25, 0.3) is 10.3 Å². The van der Waals surface area contributed by atoms with Crippen molar-refractivity contribution in [3.05, 3.63) is 42.0 Å². The molecular formula is C27H30N4O8S2. The first kappa shape index (κ1) is 28.9. The zero-order valence-corrected chi connectivity index (χ0v) is 24.4. The van der Waals surface area contributed by atoms with Gasteiger partial charge in [0.05, 0.1) is 23.4 Å². The summed E-state index contributed by atoms with van der Waals surface area (Å²) in [6.45, 7) is 5.90. The summed E-state index contributed by atoms with van der Waals surface area (Å²) in [6, 6.07) is 9.26. The van der Waals surface area contributed by atoms with Crippen LogP contribution in [0.4, 0.5) is 5.13 Å². The standard InChI is InChI=1S/C27H30N4O8S2/c1-27(2,3)38-22(32)15-37-21-11-10-20-25(29-21)40-26(28-20)30-24(33)23(31-39-17-12-13-36-14-17)16-4-6-18(7-5-16)41(34,35)19-8-9-19/h4-7,10-11,17,19H,8-9,12-15H2,1-3H3,(H,28,30,33)/t17-/m1/s1. The number of nitrogens with one attached hydrogen (secondary N) is 1. The molecule has 1 atom stereocenters.